The number of aliphatic hydroxyl groups is 1. The van der Waals surface area contributed by atoms with Crippen LogP contribution in [0.5, 0.6) is 0 Å². The molecule has 0 aromatic rings. The fraction of sp³-hybridized carbons (Fsp3) is 0.794. The van der Waals surface area contributed by atoms with Gasteiger partial charge in [0, 0.05) is 49.3 Å². The van der Waals surface area contributed by atoms with E-state index in [1.807, 2.05) is 61.5 Å². The lowest BCUT2D eigenvalue weighted by Crippen LogP contribution is -2.68. The smallest absolute Gasteiger partial charge is 0.249 e. The number of carbonyl (C=O) groups is 11. The van der Waals surface area contributed by atoms with E-state index in [2.05, 4.69) is 21.3 Å². The molecule has 1 aliphatic heterocycles. The van der Waals surface area contributed by atoms with Gasteiger partial charge in [-0.3, -0.25) is 52.7 Å². The Bertz CT molecular complexity index is 2380. The third-order valence-corrected chi connectivity index (χ3v) is 17.0. The summed E-state index contributed by atoms with van der Waals surface area (Å²) < 4.78 is 0. The summed E-state index contributed by atoms with van der Waals surface area (Å²) in [7, 11) is 9.93. The van der Waals surface area contributed by atoms with Crippen LogP contribution in [0.15, 0.2) is 12.2 Å². The maximum absolute atomic E-state index is 15.5. The second kappa shape index (κ2) is 34.4. The lowest BCUT2D eigenvalue weighted by atomic mass is 9.83. The van der Waals surface area contributed by atoms with Crippen LogP contribution in [-0.2, 0) is 52.7 Å². The Balaban J connectivity index is 4.38. The Kier molecular flexibility index (Phi) is 31.2. The maximum atomic E-state index is 15.5. The van der Waals surface area contributed by atoms with Gasteiger partial charge in [0.05, 0.1) is 12.6 Å². The molecule has 1 saturated heterocycles. The summed E-state index contributed by atoms with van der Waals surface area (Å²) in [5.74, 6) is -9.84. The number of aliphatic hydroxyl groups excluding tert-OH is 1. The number of likely N-dealkylation sites (N-methyl/N-ethyl adjacent to an activating group) is 7. The molecule has 492 valence electrons. The predicted octanol–water partition coefficient (Wildman–Crippen LogP) is 3.66. The highest BCUT2D eigenvalue weighted by atomic mass is 16.3. The van der Waals surface area contributed by atoms with Gasteiger partial charge in [-0.25, -0.2) is 0 Å². The minimum atomic E-state index is -1.74. The van der Waals surface area contributed by atoms with E-state index < -0.39 is 155 Å². The quantitative estimate of drug-likeness (QED) is 0.147. The molecule has 5 N–H and O–H groups in total. The standard InChI is InChI=1S/C63H113N11O12/c1-26-28-29-41(15)52(76)51-56(80)66-44(27-2)58(82)68(19)34-49(75)69(20)45(30-35(3)4)55(79)67-50(39(11)12)61(85)70(21)46(31-36(5)6)54(78)64-42(16)53(77)65-43(17)57(81)71(22)47(32-37(7)8)59(83)72(23)48(33-38(9)10)60(84)74(25)63(18,40(13)14)62(86)73(51)24/h26,28,35-48,50-52,76H,27,29-34H2,1-25H3,(H,64,78)(H,65,77)(H,66,80)(H,67,79)/b28-26+/t41-,42+,43-,44+,45+,46+,47+,48+,50+,51+,52-,63+/m1/s1. The van der Waals surface area contributed by atoms with E-state index in [9.17, 15) is 43.5 Å². The number of allylic oxidation sites excluding steroid dienone is 2. The molecule has 23 nitrogen and oxygen atoms in total. The fourth-order valence-corrected chi connectivity index (χ4v) is 10.8. The van der Waals surface area contributed by atoms with Gasteiger partial charge in [-0.2, -0.15) is 0 Å². The molecule has 1 heterocycles. The third-order valence-electron chi connectivity index (χ3n) is 17.0. The monoisotopic (exact) mass is 1220 g/mol. The molecular formula is C63H113N11O12. The van der Waals surface area contributed by atoms with Gasteiger partial charge < -0.3 is 60.7 Å². The molecule has 1 fully saturated rings. The third kappa shape index (κ3) is 20.5. The Morgan fingerprint density at radius 2 is 0.953 bits per heavy atom. The van der Waals surface area contributed by atoms with Crippen molar-refractivity contribution in [2.75, 3.05) is 55.9 Å². The number of nitrogens with zero attached hydrogens (tertiary/aromatic N) is 7. The van der Waals surface area contributed by atoms with Gasteiger partial charge in [0.2, 0.25) is 65.0 Å². The Morgan fingerprint density at radius 1 is 0.523 bits per heavy atom. The second-order valence-electron chi connectivity index (χ2n) is 26.6. The Labute approximate surface area is 515 Å². The molecule has 0 saturated carbocycles. The van der Waals surface area contributed by atoms with E-state index in [1.165, 1.54) is 87.7 Å². The van der Waals surface area contributed by atoms with Crippen molar-refractivity contribution in [3.8, 4) is 0 Å². The van der Waals surface area contributed by atoms with Gasteiger partial charge in [-0.05, 0) is 108 Å². The molecule has 0 unspecified atom stereocenters. The number of rotatable bonds is 15. The number of nitrogens with one attached hydrogen (secondary N) is 4. The van der Waals surface area contributed by atoms with E-state index in [0.29, 0.717) is 6.42 Å². The van der Waals surface area contributed by atoms with Crippen LogP contribution in [0.4, 0.5) is 0 Å². The zero-order valence-electron chi connectivity index (χ0n) is 57.0. The molecule has 23 heteroatoms. The van der Waals surface area contributed by atoms with Crippen molar-refractivity contribution in [3.05, 3.63) is 12.2 Å². The summed E-state index contributed by atoms with van der Waals surface area (Å²) in [4.78, 5) is 169. The molecular weight excluding hydrogens is 1100 g/mol. The number of hydrogen-bond acceptors (Lipinski definition) is 12. The first-order chi connectivity index (χ1) is 39.6. The average molecular weight is 1220 g/mol. The van der Waals surface area contributed by atoms with Gasteiger partial charge in [0.25, 0.3) is 0 Å². The van der Waals surface area contributed by atoms with Gasteiger partial charge in [-0.1, -0.05) is 109 Å². The van der Waals surface area contributed by atoms with E-state index in [0.717, 1.165) is 9.80 Å². The summed E-state index contributed by atoms with van der Waals surface area (Å²) in [6.07, 6.45) is 3.00. The molecule has 0 radical (unpaired) electrons. The molecule has 12 atom stereocenters. The van der Waals surface area contributed by atoms with Crippen LogP contribution in [0.1, 0.15) is 163 Å². The first-order valence-electron chi connectivity index (χ1n) is 30.9. The van der Waals surface area contributed by atoms with Gasteiger partial charge in [-0.15, -0.1) is 0 Å². The summed E-state index contributed by atoms with van der Waals surface area (Å²) in [5.41, 5.74) is -1.74. The minimum absolute atomic E-state index is 0.0180. The largest absolute Gasteiger partial charge is 0.390 e. The molecule has 0 aromatic carbocycles. The molecule has 0 spiro atoms. The second-order valence-corrected chi connectivity index (χ2v) is 26.6. The number of carbonyl (C=O) groups excluding carboxylic acids is 11. The molecule has 1 aliphatic rings. The zero-order chi connectivity index (χ0) is 66.9. The van der Waals surface area contributed by atoms with Crippen molar-refractivity contribution in [1.29, 1.82) is 0 Å². The summed E-state index contributed by atoms with van der Waals surface area (Å²) in [5, 5.41) is 23.2. The van der Waals surface area contributed by atoms with E-state index in [4.69, 9.17) is 0 Å². The molecule has 0 bridgehead atoms. The fourth-order valence-electron chi connectivity index (χ4n) is 10.8. The van der Waals surface area contributed by atoms with Crippen LogP contribution in [-0.4, -0.2) is 226 Å². The number of hydrogen-bond donors (Lipinski definition) is 5. The van der Waals surface area contributed by atoms with Gasteiger partial charge in [0.1, 0.15) is 59.9 Å². The lowest BCUT2D eigenvalue weighted by molar-refractivity contribution is -0.164. The normalized spacial score (nSPS) is 27.6. The highest BCUT2D eigenvalue weighted by Crippen LogP contribution is 2.31. The highest BCUT2D eigenvalue weighted by molar-refractivity contribution is 6.00. The van der Waals surface area contributed by atoms with Crippen molar-refractivity contribution in [3.63, 3.8) is 0 Å². The van der Waals surface area contributed by atoms with Crippen LogP contribution in [0.25, 0.3) is 0 Å². The Hall–Kier alpha value is -6.13. The highest BCUT2D eigenvalue weighted by Gasteiger charge is 2.51. The Morgan fingerprint density at radius 3 is 1.41 bits per heavy atom. The van der Waals surface area contributed by atoms with Crippen LogP contribution in [0, 0.1) is 41.4 Å². The SMILES string of the molecule is C/C=C/C[C@@H](C)[C@@H](O)[C@H]1C(=O)N[C@@H](CC)C(=O)N(C)CC(=O)N(C)[C@@H](CC(C)C)C(=O)N[C@@H](C(C)C)C(=O)N(C)[C@@H](CC(C)C)C(=O)N[C@@H](C)C(=O)N[C@H](C)C(=O)N(C)[C@@H](CC(C)C)C(=O)N(C)[C@@H](CC(C)C)C(=O)N(C)[C@@](C)(C(C)C)C(=O)N1C. The van der Waals surface area contributed by atoms with Gasteiger partial charge >= 0.3 is 0 Å². The minimum Gasteiger partial charge on any atom is -0.390 e. The van der Waals surface area contributed by atoms with Crippen molar-refractivity contribution in [2.24, 2.45) is 41.4 Å². The average Bonchev–Trinajstić information content (AvgIpc) is 1.15. The molecule has 0 aliphatic carbocycles. The predicted molar refractivity (Wildman–Crippen MR) is 333 cm³/mol. The van der Waals surface area contributed by atoms with Gasteiger partial charge in [0.15, 0.2) is 0 Å². The van der Waals surface area contributed by atoms with Crippen molar-refractivity contribution in [1.82, 2.24) is 55.6 Å². The molecule has 0 aromatic heterocycles. The number of amides is 11. The van der Waals surface area contributed by atoms with E-state index >= 15 is 14.4 Å². The van der Waals surface area contributed by atoms with Crippen LogP contribution < -0.4 is 21.3 Å². The maximum Gasteiger partial charge on any atom is 0.249 e. The zero-order valence-corrected chi connectivity index (χ0v) is 57.0. The molecule has 11 amide bonds. The van der Waals surface area contributed by atoms with Crippen LogP contribution in [0.2, 0.25) is 0 Å². The first kappa shape index (κ1) is 77.9. The summed E-state index contributed by atoms with van der Waals surface area (Å²) >= 11 is 0. The molecule has 1 rings (SSSR count). The van der Waals surface area contributed by atoms with Crippen molar-refractivity contribution < 1.29 is 57.8 Å². The van der Waals surface area contributed by atoms with Crippen molar-refractivity contribution >= 4 is 65.0 Å². The summed E-state index contributed by atoms with van der Waals surface area (Å²) in [6, 6.07) is -11.1. The first-order valence-corrected chi connectivity index (χ1v) is 30.9. The topological polar surface area (TPSA) is 279 Å². The lowest BCUT2D eigenvalue weighted by Gasteiger charge is -2.47. The van der Waals surface area contributed by atoms with Crippen LogP contribution in [0.3, 0.4) is 0 Å². The van der Waals surface area contributed by atoms with E-state index in [1.54, 1.807) is 61.5 Å². The molecule has 86 heavy (non-hydrogen) atoms. The van der Waals surface area contributed by atoms with Crippen molar-refractivity contribution in [2.45, 2.75) is 229 Å². The van der Waals surface area contributed by atoms with Crippen LogP contribution >= 0.6 is 0 Å². The summed E-state index contributed by atoms with van der Waals surface area (Å²) in [6.45, 7) is 30.9. The van der Waals surface area contributed by atoms with E-state index in [-0.39, 0.29) is 55.8 Å².